The molecule has 10 heteroatoms. The molecule has 1 aliphatic rings. The summed E-state index contributed by atoms with van der Waals surface area (Å²) in [5, 5.41) is 7.40. The maximum atomic E-state index is 12.4. The average Bonchev–Trinajstić information content (AvgIpc) is 3.08. The molecule has 0 spiro atoms. The Kier molecular flexibility index (Phi) is 4.09. The van der Waals surface area contributed by atoms with E-state index in [2.05, 4.69) is 15.2 Å². The van der Waals surface area contributed by atoms with Crippen molar-refractivity contribution in [3.8, 4) is 5.82 Å². The van der Waals surface area contributed by atoms with Crippen LogP contribution in [0.15, 0.2) is 31.0 Å². The van der Waals surface area contributed by atoms with Gasteiger partial charge in [-0.05, 0) is 12.1 Å². The molecule has 3 heterocycles. The van der Waals surface area contributed by atoms with E-state index in [4.69, 9.17) is 0 Å². The van der Waals surface area contributed by atoms with E-state index in [1.807, 2.05) is 0 Å². The zero-order valence-corrected chi connectivity index (χ0v) is 13.3. The van der Waals surface area contributed by atoms with Crippen LogP contribution in [0.25, 0.3) is 5.82 Å². The first-order chi connectivity index (χ1) is 10.9. The smallest absolute Gasteiger partial charge is 0.255 e. The van der Waals surface area contributed by atoms with Gasteiger partial charge in [-0.2, -0.15) is 4.31 Å². The highest BCUT2D eigenvalue weighted by Crippen LogP contribution is 2.11. The highest BCUT2D eigenvalue weighted by atomic mass is 32.2. The van der Waals surface area contributed by atoms with E-state index >= 15 is 0 Å². The fraction of sp³-hybridized carbons (Fsp3) is 0.385. The second kappa shape index (κ2) is 6.05. The van der Waals surface area contributed by atoms with Crippen molar-refractivity contribution < 1.29 is 13.2 Å². The van der Waals surface area contributed by atoms with Gasteiger partial charge in [0.15, 0.2) is 0 Å². The molecule has 0 saturated carbocycles. The molecule has 0 aromatic carbocycles. The number of pyridine rings is 1. The van der Waals surface area contributed by atoms with Crippen LogP contribution in [0.3, 0.4) is 0 Å². The van der Waals surface area contributed by atoms with Gasteiger partial charge < -0.3 is 4.90 Å². The van der Waals surface area contributed by atoms with Crippen molar-refractivity contribution in [2.75, 3.05) is 32.4 Å². The number of hydrogen-bond acceptors (Lipinski definition) is 6. The number of rotatable bonds is 3. The van der Waals surface area contributed by atoms with Gasteiger partial charge in [0.05, 0.1) is 11.8 Å². The normalized spacial score (nSPS) is 16.5. The van der Waals surface area contributed by atoms with Gasteiger partial charge in [0, 0.05) is 32.4 Å². The fourth-order valence-electron chi connectivity index (χ4n) is 2.39. The number of sulfonamides is 1. The van der Waals surface area contributed by atoms with Gasteiger partial charge in [-0.25, -0.2) is 13.4 Å². The Morgan fingerprint density at radius 2 is 1.74 bits per heavy atom. The van der Waals surface area contributed by atoms with E-state index in [1.165, 1.54) is 29.4 Å². The number of nitrogens with zero attached hydrogens (tertiary/aromatic N) is 6. The summed E-state index contributed by atoms with van der Waals surface area (Å²) in [5.74, 6) is 0.467. The van der Waals surface area contributed by atoms with Crippen LogP contribution in [0.4, 0.5) is 0 Å². The molecule has 2 aromatic rings. The quantitative estimate of drug-likeness (QED) is 0.740. The van der Waals surface area contributed by atoms with Crippen LogP contribution in [-0.2, 0) is 10.0 Å². The summed E-state index contributed by atoms with van der Waals surface area (Å²) in [6.07, 6.45) is 5.72. The number of amides is 1. The Balaban J connectivity index is 1.67. The van der Waals surface area contributed by atoms with Crippen molar-refractivity contribution >= 4 is 15.9 Å². The maximum Gasteiger partial charge on any atom is 0.255 e. The van der Waals surface area contributed by atoms with E-state index in [-0.39, 0.29) is 5.91 Å². The van der Waals surface area contributed by atoms with Gasteiger partial charge in [-0.15, -0.1) is 10.2 Å². The van der Waals surface area contributed by atoms with E-state index in [1.54, 1.807) is 21.6 Å². The lowest BCUT2D eigenvalue weighted by Gasteiger charge is -2.33. The molecular formula is C13H16N6O3S. The van der Waals surface area contributed by atoms with Crippen molar-refractivity contribution in [1.29, 1.82) is 0 Å². The summed E-state index contributed by atoms with van der Waals surface area (Å²) in [7, 11) is -3.20. The fourth-order valence-corrected chi connectivity index (χ4v) is 3.22. The minimum Gasteiger partial charge on any atom is -0.336 e. The molecule has 0 unspecified atom stereocenters. The predicted octanol–water partition coefficient (Wildman–Crippen LogP) is -0.620. The van der Waals surface area contributed by atoms with Crippen LogP contribution >= 0.6 is 0 Å². The molecule has 0 N–H and O–H groups in total. The van der Waals surface area contributed by atoms with Crippen LogP contribution in [0, 0.1) is 0 Å². The summed E-state index contributed by atoms with van der Waals surface area (Å²) >= 11 is 0. The molecule has 122 valence electrons. The van der Waals surface area contributed by atoms with Gasteiger partial charge in [0.2, 0.25) is 10.0 Å². The first-order valence-corrected chi connectivity index (χ1v) is 8.85. The number of aromatic nitrogens is 4. The molecule has 1 aliphatic heterocycles. The topological polar surface area (TPSA) is 101 Å². The molecule has 23 heavy (non-hydrogen) atoms. The second-order valence-corrected chi connectivity index (χ2v) is 7.21. The summed E-state index contributed by atoms with van der Waals surface area (Å²) in [6.45, 7) is 1.38. The SMILES string of the molecule is CS(=O)(=O)N1CCN(C(=O)c2ccc(-n3cnnc3)nc2)CC1. The number of hydrogen-bond donors (Lipinski definition) is 0. The summed E-state index contributed by atoms with van der Waals surface area (Å²) in [5.41, 5.74) is 0.467. The monoisotopic (exact) mass is 336 g/mol. The molecule has 1 fully saturated rings. The Morgan fingerprint density at radius 1 is 1.09 bits per heavy atom. The third-order valence-electron chi connectivity index (χ3n) is 3.67. The Labute approximate surface area is 133 Å². The minimum absolute atomic E-state index is 0.152. The third-order valence-corrected chi connectivity index (χ3v) is 4.98. The molecule has 0 radical (unpaired) electrons. The van der Waals surface area contributed by atoms with E-state index < -0.39 is 10.0 Å². The van der Waals surface area contributed by atoms with Gasteiger partial charge in [0.1, 0.15) is 18.5 Å². The average molecular weight is 336 g/mol. The minimum atomic E-state index is -3.20. The first kappa shape index (κ1) is 15.6. The van der Waals surface area contributed by atoms with Crippen LogP contribution in [0.1, 0.15) is 10.4 Å². The number of carbonyl (C=O) groups excluding carboxylic acids is 1. The third kappa shape index (κ3) is 3.37. The second-order valence-electron chi connectivity index (χ2n) is 5.23. The van der Waals surface area contributed by atoms with Gasteiger partial charge in [0.25, 0.3) is 5.91 Å². The lowest BCUT2D eigenvalue weighted by atomic mass is 10.2. The van der Waals surface area contributed by atoms with Crippen LogP contribution in [0.2, 0.25) is 0 Å². The Morgan fingerprint density at radius 3 is 2.26 bits per heavy atom. The molecule has 1 saturated heterocycles. The van der Waals surface area contributed by atoms with Gasteiger partial charge >= 0.3 is 0 Å². The zero-order valence-electron chi connectivity index (χ0n) is 12.5. The molecule has 9 nitrogen and oxygen atoms in total. The van der Waals surface area contributed by atoms with E-state index in [0.717, 1.165) is 0 Å². The Hall–Kier alpha value is -2.33. The number of piperazine rings is 1. The highest BCUT2D eigenvalue weighted by Gasteiger charge is 2.26. The van der Waals surface area contributed by atoms with Crippen molar-refractivity contribution in [3.05, 3.63) is 36.5 Å². The Bertz CT molecular complexity index is 780. The molecule has 0 bridgehead atoms. The van der Waals surface area contributed by atoms with Crippen molar-refractivity contribution in [2.24, 2.45) is 0 Å². The molecule has 2 aromatic heterocycles. The molecule has 3 rings (SSSR count). The molecule has 0 atom stereocenters. The van der Waals surface area contributed by atoms with Gasteiger partial charge in [-0.3, -0.25) is 9.36 Å². The van der Waals surface area contributed by atoms with Crippen molar-refractivity contribution in [2.45, 2.75) is 0 Å². The number of carbonyl (C=O) groups is 1. The maximum absolute atomic E-state index is 12.4. The lowest BCUT2D eigenvalue weighted by Crippen LogP contribution is -2.50. The molecule has 1 amide bonds. The first-order valence-electron chi connectivity index (χ1n) is 7.00. The van der Waals surface area contributed by atoms with Crippen LogP contribution < -0.4 is 0 Å². The molecule has 0 aliphatic carbocycles. The summed E-state index contributed by atoms with van der Waals surface area (Å²) < 4.78 is 26.0. The van der Waals surface area contributed by atoms with E-state index in [0.29, 0.717) is 37.6 Å². The van der Waals surface area contributed by atoms with Crippen LogP contribution in [-0.4, -0.2) is 75.7 Å². The standard InChI is InChI=1S/C13H16N6O3S/c1-23(21,22)19-6-4-17(5-7-19)13(20)11-2-3-12(14-8-11)18-9-15-16-10-18/h2-3,8-10H,4-7H2,1H3. The van der Waals surface area contributed by atoms with Crippen molar-refractivity contribution in [1.82, 2.24) is 29.0 Å². The van der Waals surface area contributed by atoms with E-state index in [9.17, 15) is 13.2 Å². The lowest BCUT2D eigenvalue weighted by molar-refractivity contribution is 0.0698. The van der Waals surface area contributed by atoms with Crippen LogP contribution in [0.5, 0.6) is 0 Å². The largest absolute Gasteiger partial charge is 0.336 e. The van der Waals surface area contributed by atoms with Gasteiger partial charge in [-0.1, -0.05) is 0 Å². The summed E-state index contributed by atoms with van der Waals surface area (Å²) in [6, 6.07) is 3.40. The molecular weight excluding hydrogens is 320 g/mol. The van der Waals surface area contributed by atoms with Crippen molar-refractivity contribution in [3.63, 3.8) is 0 Å². The zero-order chi connectivity index (χ0) is 16.4. The highest BCUT2D eigenvalue weighted by molar-refractivity contribution is 7.88. The predicted molar refractivity (Wildman–Crippen MR) is 81.5 cm³/mol. The summed E-state index contributed by atoms with van der Waals surface area (Å²) in [4.78, 5) is 18.3.